The predicted octanol–water partition coefficient (Wildman–Crippen LogP) is 1.96. The van der Waals surface area contributed by atoms with Crippen molar-refractivity contribution in [1.29, 1.82) is 0 Å². The van der Waals surface area contributed by atoms with Crippen molar-refractivity contribution in [3.63, 3.8) is 0 Å². The molecule has 3 aromatic heterocycles. The fourth-order valence-electron chi connectivity index (χ4n) is 3.30. The third-order valence-electron chi connectivity index (χ3n) is 4.55. The van der Waals surface area contributed by atoms with Crippen molar-refractivity contribution in [1.82, 2.24) is 24.9 Å². The molecule has 11 heteroatoms. The van der Waals surface area contributed by atoms with Gasteiger partial charge in [0.1, 0.15) is 5.82 Å². The molecule has 1 aliphatic rings. The summed E-state index contributed by atoms with van der Waals surface area (Å²) < 4.78 is 39.3. The Morgan fingerprint density at radius 3 is 2.62 bits per heavy atom. The van der Waals surface area contributed by atoms with Crippen molar-refractivity contribution in [3.05, 3.63) is 54.0 Å². The maximum atomic E-state index is 14.0. The number of halogens is 1. The van der Waals surface area contributed by atoms with E-state index in [0.717, 1.165) is 23.6 Å². The molecule has 0 saturated carbocycles. The lowest BCUT2D eigenvalue weighted by molar-refractivity contribution is 0.563. The third-order valence-corrected chi connectivity index (χ3v) is 5.16. The maximum Gasteiger partial charge on any atom is 0.229 e. The molecule has 1 atom stereocenters. The van der Waals surface area contributed by atoms with Crippen LogP contribution in [-0.4, -0.2) is 46.1 Å². The van der Waals surface area contributed by atoms with Crippen molar-refractivity contribution in [2.45, 2.75) is 19.4 Å². The highest BCUT2D eigenvalue weighted by Gasteiger charge is 2.27. The standard InChI is InChI=1S/C18H18FN7O2S/c1-11-13-10-22-18(17-20-5-3-6-21-17)23-14(13)4-7-26(11)16-9-12(8-15(19)24-16)25-29(2,27)28/h3,5-6,8-11H,4,7H2,1-2H3,(H,24,25). The van der Waals surface area contributed by atoms with Gasteiger partial charge in [-0.05, 0) is 13.0 Å². The van der Waals surface area contributed by atoms with Crippen LogP contribution in [0, 0.1) is 5.95 Å². The van der Waals surface area contributed by atoms with Crippen LogP contribution in [0.5, 0.6) is 0 Å². The lowest BCUT2D eigenvalue weighted by Gasteiger charge is -2.35. The van der Waals surface area contributed by atoms with E-state index in [9.17, 15) is 12.8 Å². The summed E-state index contributed by atoms with van der Waals surface area (Å²) in [6, 6.07) is 4.10. The fourth-order valence-corrected chi connectivity index (χ4v) is 3.85. The van der Waals surface area contributed by atoms with Crippen molar-refractivity contribution in [2.24, 2.45) is 0 Å². The molecule has 0 saturated heterocycles. The Hall–Kier alpha value is -3.21. The van der Waals surface area contributed by atoms with Crippen molar-refractivity contribution in [2.75, 3.05) is 22.4 Å². The summed E-state index contributed by atoms with van der Waals surface area (Å²) in [5, 5.41) is 0. The molecule has 1 aliphatic heterocycles. The summed E-state index contributed by atoms with van der Waals surface area (Å²) in [5.74, 6) is 0.478. The zero-order valence-electron chi connectivity index (χ0n) is 15.7. The number of hydrogen-bond donors (Lipinski definition) is 1. The molecule has 0 amide bonds. The van der Waals surface area contributed by atoms with E-state index in [0.29, 0.717) is 30.4 Å². The van der Waals surface area contributed by atoms with E-state index in [4.69, 9.17) is 0 Å². The molecule has 1 unspecified atom stereocenters. The quantitative estimate of drug-likeness (QED) is 0.643. The first-order valence-electron chi connectivity index (χ1n) is 8.85. The van der Waals surface area contributed by atoms with Gasteiger partial charge in [-0.2, -0.15) is 4.39 Å². The van der Waals surface area contributed by atoms with Gasteiger partial charge in [0, 0.05) is 49.3 Å². The normalized spacial score (nSPS) is 16.4. The molecular formula is C18H18FN7O2S. The van der Waals surface area contributed by atoms with E-state index in [1.165, 1.54) is 6.07 Å². The van der Waals surface area contributed by atoms with E-state index in [1.54, 1.807) is 24.7 Å². The summed E-state index contributed by atoms with van der Waals surface area (Å²) in [6.07, 6.45) is 6.59. The molecule has 0 bridgehead atoms. The topological polar surface area (TPSA) is 114 Å². The molecule has 0 spiro atoms. The number of sulfonamides is 1. The summed E-state index contributed by atoms with van der Waals surface area (Å²) >= 11 is 0. The van der Waals surface area contributed by atoms with Crippen LogP contribution < -0.4 is 9.62 Å². The van der Waals surface area contributed by atoms with Crippen LogP contribution in [0.25, 0.3) is 11.6 Å². The number of nitrogens with zero attached hydrogens (tertiary/aromatic N) is 6. The SMILES string of the molecule is CC1c2cnc(-c3ncccn3)nc2CCN1c1cc(NS(C)(=O)=O)cc(F)n1. The number of fused-ring (bicyclic) bond motifs is 1. The summed E-state index contributed by atoms with van der Waals surface area (Å²) in [4.78, 5) is 23.1. The number of aromatic nitrogens is 5. The molecule has 4 rings (SSSR count). The highest BCUT2D eigenvalue weighted by Crippen LogP contribution is 2.33. The Balaban J connectivity index is 1.65. The van der Waals surface area contributed by atoms with E-state index >= 15 is 0 Å². The predicted molar refractivity (Wildman–Crippen MR) is 105 cm³/mol. The second kappa shape index (κ2) is 7.32. The first kappa shape index (κ1) is 19.1. The van der Waals surface area contributed by atoms with Gasteiger partial charge in [-0.3, -0.25) is 4.72 Å². The van der Waals surface area contributed by atoms with Gasteiger partial charge < -0.3 is 4.90 Å². The highest BCUT2D eigenvalue weighted by molar-refractivity contribution is 7.92. The summed E-state index contributed by atoms with van der Waals surface area (Å²) in [7, 11) is -3.53. The average molecular weight is 415 g/mol. The minimum absolute atomic E-state index is 0.126. The van der Waals surface area contributed by atoms with E-state index in [2.05, 4.69) is 29.6 Å². The van der Waals surface area contributed by atoms with E-state index in [-0.39, 0.29) is 11.7 Å². The van der Waals surface area contributed by atoms with Gasteiger partial charge in [-0.1, -0.05) is 0 Å². The van der Waals surface area contributed by atoms with Crippen molar-refractivity contribution < 1.29 is 12.8 Å². The molecule has 0 fully saturated rings. The lowest BCUT2D eigenvalue weighted by atomic mass is 9.99. The second-order valence-corrected chi connectivity index (χ2v) is 8.45. The van der Waals surface area contributed by atoms with Gasteiger partial charge in [0.15, 0.2) is 11.6 Å². The molecule has 3 aromatic rings. The Morgan fingerprint density at radius 2 is 1.90 bits per heavy atom. The monoisotopic (exact) mass is 415 g/mol. The minimum atomic E-state index is -3.53. The Bertz CT molecular complexity index is 1160. The molecule has 1 N–H and O–H groups in total. The molecule has 4 heterocycles. The molecule has 0 aromatic carbocycles. The van der Waals surface area contributed by atoms with Crippen LogP contribution in [0.4, 0.5) is 15.9 Å². The second-order valence-electron chi connectivity index (χ2n) is 6.70. The Morgan fingerprint density at radius 1 is 1.14 bits per heavy atom. The van der Waals surface area contributed by atoms with Gasteiger partial charge in [-0.25, -0.2) is 33.3 Å². The number of rotatable bonds is 4. The largest absolute Gasteiger partial charge is 0.349 e. The molecule has 0 aliphatic carbocycles. The Kier molecular flexibility index (Phi) is 4.82. The van der Waals surface area contributed by atoms with E-state index < -0.39 is 16.0 Å². The zero-order chi connectivity index (χ0) is 20.6. The molecule has 150 valence electrons. The van der Waals surface area contributed by atoms with Crippen molar-refractivity contribution in [3.8, 4) is 11.6 Å². The number of hydrogen-bond acceptors (Lipinski definition) is 8. The van der Waals surface area contributed by atoms with Gasteiger partial charge in [0.05, 0.1) is 23.7 Å². The number of nitrogens with one attached hydrogen (secondary N) is 1. The minimum Gasteiger partial charge on any atom is -0.349 e. The maximum absolute atomic E-state index is 14.0. The smallest absolute Gasteiger partial charge is 0.229 e. The fraction of sp³-hybridized carbons (Fsp3) is 0.278. The molecule has 9 nitrogen and oxygen atoms in total. The molecular weight excluding hydrogens is 397 g/mol. The van der Waals surface area contributed by atoms with Gasteiger partial charge in [-0.15, -0.1) is 0 Å². The van der Waals surface area contributed by atoms with Crippen LogP contribution in [0.2, 0.25) is 0 Å². The zero-order valence-corrected chi connectivity index (χ0v) is 16.6. The molecule has 29 heavy (non-hydrogen) atoms. The summed E-state index contributed by atoms with van der Waals surface area (Å²) in [6.45, 7) is 2.48. The lowest BCUT2D eigenvalue weighted by Crippen LogP contribution is -2.35. The van der Waals surface area contributed by atoms with Crippen molar-refractivity contribution >= 4 is 21.5 Å². The van der Waals surface area contributed by atoms with Gasteiger partial charge >= 0.3 is 0 Å². The molecule has 0 radical (unpaired) electrons. The highest BCUT2D eigenvalue weighted by atomic mass is 32.2. The van der Waals surface area contributed by atoms with Crippen LogP contribution in [0.1, 0.15) is 24.2 Å². The average Bonchev–Trinajstić information content (AvgIpc) is 2.67. The first-order chi connectivity index (χ1) is 13.8. The van der Waals surface area contributed by atoms with Crippen LogP contribution in [-0.2, 0) is 16.4 Å². The van der Waals surface area contributed by atoms with Gasteiger partial charge in [0.2, 0.25) is 16.0 Å². The van der Waals surface area contributed by atoms with Gasteiger partial charge in [0.25, 0.3) is 0 Å². The van der Waals surface area contributed by atoms with E-state index in [1.807, 2.05) is 11.8 Å². The number of anilines is 2. The van der Waals surface area contributed by atoms with Crippen LogP contribution in [0.15, 0.2) is 36.8 Å². The first-order valence-corrected chi connectivity index (χ1v) is 10.7. The summed E-state index contributed by atoms with van der Waals surface area (Å²) in [5.41, 5.74) is 1.89. The third kappa shape index (κ3) is 4.14. The Labute approximate surface area is 167 Å². The van der Waals surface area contributed by atoms with Crippen LogP contribution in [0.3, 0.4) is 0 Å². The number of pyridine rings is 1. The van der Waals surface area contributed by atoms with Crippen LogP contribution >= 0.6 is 0 Å².